The van der Waals surface area contributed by atoms with E-state index in [1.54, 1.807) is 7.11 Å². The largest absolute Gasteiger partial charge is 0.497 e. The lowest BCUT2D eigenvalue weighted by Gasteiger charge is -2.33. The van der Waals surface area contributed by atoms with E-state index in [0.29, 0.717) is 25.9 Å². The molecule has 0 aromatic heterocycles. The van der Waals surface area contributed by atoms with Gasteiger partial charge in [0.15, 0.2) is 0 Å². The molecular weight excluding hydrogens is 390 g/mol. The summed E-state index contributed by atoms with van der Waals surface area (Å²) in [5.41, 5.74) is 1.04. The molecule has 1 N–H and O–H groups in total. The zero-order chi connectivity index (χ0) is 19.0. The molecule has 1 aromatic rings. The number of aryl methyl sites for hydroxylation is 1. The molecule has 154 valence electrons. The first-order chi connectivity index (χ1) is 12.4. The minimum atomic E-state index is -3.31. The molecule has 7 nitrogen and oxygen atoms in total. The number of carbonyl (C=O) groups is 1. The van der Waals surface area contributed by atoms with Crippen LogP contribution in [0.5, 0.6) is 5.75 Å². The van der Waals surface area contributed by atoms with Gasteiger partial charge in [-0.2, -0.15) is 4.31 Å². The van der Waals surface area contributed by atoms with Crippen LogP contribution >= 0.6 is 12.4 Å². The monoisotopic (exact) mass is 419 g/mol. The maximum atomic E-state index is 12.3. The lowest BCUT2D eigenvalue weighted by atomic mass is 10.1. The van der Waals surface area contributed by atoms with E-state index >= 15 is 0 Å². The Balaban J connectivity index is 0.00000364. The second kappa shape index (κ2) is 11.5. The maximum Gasteiger partial charge on any atom is 0.220 e. The Kier molecular flexibility index (Phi) is 10.1. The molecule has 0 spiro atoms. The fourth-order valence-corrected chi connectivity index (χ4v) is 4.25. The third-order valence-corrected chi connectivity index (χ3v) is 6.53. The van der Waals surface area contributed by atoms with E-state index < -0.39 is 10.0 Å². The molecule has 9 heteroatoms. The van der Waals surface area contributed by atoms with E-state index in [1.807, 2.05) is 24.3 Å². The molecule has 0 radical (unpaired) electrons. The van der Waals surface area contributed by atoms with E-state index in [-0.39, 0.29) is 30.6 Å². The lowest BCUT2D eigenvalue weighted by Crippen LogP contribution is -2.49. The number of carbonyl (C=O) groups excluding carboxylic acids is 1. The lowest BCUT2D eigenvalue weighted by molar-refractivity contribution is -0.120. The number of halogens is 1. The van der Waals surface area contributed by atoms with E-state index in [4.69, 9.17) is 4.74 Å². The third kappa shape index (κ3) is 7.65. The van der Waals surface area contributed by atoms with Gasteiger partial charge in [-0.25, -0.2) is 8.42 Å². The van der Waals surface area contributed by atoms with Crippen molar-refractivity contribution < 1.29 is 17.9 Å². The van der Waals surface area contributed by atoms with Crippen molar-refractivity contribution in [3.8, 4) is 5.75 Å². The summed E-state index contributed by atoms with van der Waals surface area (Å²) >= 11 is 0. The average Bonchev–Trinajstić information content (AvgIpc) is 2.66. The minimum absolute atomic E-state index is 0. The minimum Gasteiger partial charge on any atom is -0.497 e. The van der Waals surface area contributed by atoms with E-state index in [9.17, 15) is 13.2 Å². The van der Waals surface area contributed by atoms with Crippen LogP contribution in [-0.2, 0) is 21.2 Å². The van der Waals surface area contributed by atoms with Gasteiger partial charge in [-0.1, -0.05) is 19.1 Å². The Labute approximate surface area is 168 Å². The number of amides is 1. The number of likely N-dealkylation sites (N-methyl/N-ethyl adjacent to an activating group) is 1. The van der Waals surface area contributed by atoms with Gasteiger partial charge >= 0.3 is 0 Å². The summed E-state index contributed by atoms with van der Waals surface area (Å²) in [5.74, 6) is 0.600. The van der Waals surface area contributed by atoms with E-state index in [2.05, 4.69) is 17.1 Å². The van der Waals surface area contributed by atoms with Gasteiger partial charge in [-0.05, 0) is 30.7 Å². The summed E-state index contributed by atoms with van der Waals surface area (Å²) < 4.78 is 31.3. The van der Waals surface area contributed by atoms with Crippen LogP contribution in [0.3, 0.4) is 0 Å². The normalized spacial score (nSPS) is 15.8. The van der Waals surface area contributed by atoms with Crippen LogP contribution in [0.2, 0.25) is 0 Å². The summed E-state index contributed by atoms with van der Waals surface area (Å²) in [5, 5.41) is 2.71. The molecule has 1 heterocycles. The molecule has 0 unspecified atom stereocenters. The Bertz CT molecular complexity index is 674. The van der Waals surface area contributed by atoms with Gasteiger partial charge in [0.2, 0.25) is 15.9 Å². The first-order valence-corrected chi connectivity index (χ1v) is 10.7. The number of rotatable bonds is 9. The zero-order valence-electron chi connectivity index (χ0n) is 16.0. The van der Waals surface area contributed by atoms with Crippen molar-refractivity contribution in [3.05, 3.63) is 29.8 Å². The Morgan fingerprint density at radius 2 is 1.78 bits per heavy atom. The fraction of sp³-hybridized carbons (Fsp3) is 0.611. The SMILES string of the molecule is CCN1CCN(S(=O)(=O)CCNC(=O)CCc2ccc(OC)cc2)CC1.Cl. The third-order valence-electron chi connectivity index (χ3n) is 4.65. The van der Waals surface area contributed by atoms with Gasteiger partial charge in [0.1, 0.15) is 5.75 Å². The molecular formula is C18H30ClN3O4S. The molecule has 0 aliphatic carbocycles. The van der Waals surface area contributed by atoms with Crippen molar-refractivity contribution in [3.63, 3.8) is 0 Å². The van der Waals surface area contributed by atoms with Crippen LogP contribution < -0.4 is 10.1 Å². The van der Waals surface area contributed by atoms with Crippen molar-refractivity contribution in [1.82, 2.24) is 14.5 Å². The number of nitrogens with zero attached hydrogens (tertiary/aromatic N) is 2. The molecule has 1 amide bonds. The first kappa shape index (κ1) is 23.7. The topological polar surface area (TPSA) is 79.0 Å². The highest BCUT2D eigenvalue weighted by molar-refractivity contribution is 7.89. The number of ether oxygens (including phenoxy) is 1. The van der Waals surface area contributed by atoms with Gasteiger partial charge in [0.05, 0.1) is 12.9 Å². The van der Waals surface area contributed by atoms with Crippen molar-refractivity contribution >= 4 is 28.3 Å². The van der Waals surface area contributed by atoms with Crippen molar-refractivity contribution in [2.24, 2.45) is 0 Å². The molecule has 0 bridgehead atoms. The summed E-state index contributed by atoms with van der Waals surface area (Å²) in [7, 11) is -1.70. The smallest absolute Gasteiger partial charge is 0.220 e. The second-order valence-electron chi connectivity index (χ2n) is 6.35. The van der Waals surface area contributed by atoms with Gasteiger partial charge < -0.3 is 15.0 Å². The van der Waals surface area contributed by atoms with Crippen LogP contribution in [0.15, 0.2) is 24.3 Å². The van der Waals surface area contributed by atoms with Crippen LogP contribution in [0.25, 0.3) is 0 Å². The molecule has 27 heavy (non-hydrogen) atoms. The predicted molar refractivity (Wildman–Crippen MR) is 109 cm³/mol. The number of benzene rings is 1. The molecule has 0 atom stereocenters. The fourth-order valence-electron chi connectivity index (χ4n) is 2.91. The van der Waals surface area contributed by atoms with Crippen LogP contribution in [-0.4, -0.2) is 75.7 Å². The zero-order valence-corrected chi connectivity index (χ0v) is 17.7. The van der Waals surface area contributed by atoms with Crippen LogP contribution in [0.1, 0.15) is 18.9 Å². The molecule has 1 aliphatic heterocycles. The Morgan fingerprint density at radius 3 is 2.33 bits per heavy atom. The molecule has 1 aliphatic rings. The molecule has 1 fully saturated rings. The highest BCUT2D eigenvalue weighted by atomic mass is 35.5. The molecule has 1 aromatic carbocycles. The molecule has 2 rings (SSSR count). The molecule has 1 saturated heterocycles. The number of hydrogen-bond donors (Lipinski definition) is 1. The average molecular weight is 420 g/mol. The van der Waals surface area contributed by atoms with Gasteiger partial charge in [-0.3, -0.25) is 4.79 Å². The van der Waals surface area contributed by atoms with Crippen molar-refractivity contribution in [2.75, 3.05) is 52.1 Å². The number of methoxy groups -OCH3 is 1. The Morgan fingerprint density at radius 1 is 1.15 bits per heavy atom. The second-order valence-corrected chi connectivity index (χ2v) is 8.44. The maximum absolute atomic E-state index is 12.3. The molecule has 0 saturated carbocycles. The number of sulfonamides is 1. The summed E-state index contributed by atoms with van der Waals surface area (Å²) in [6, 6.07) is 7.56. The summed E-state index contributed by atoms with van der Waals surface area (Å²) in [4.78, 5) is 14.2. The number of piperazine rings is 1. The van der Waals surface area contributed by atoms with E-state index in [0.717, 1.165) is 30.9 Å². The van der Waals surface area contributed by atoms with Crippen LogP contribution in [0, 0.1) is 0 Å². The standard InChI is InChI=1S/C18H29N3O4S.ClH/c1-3-20-11-13-21(14-12-20)26(23,24)15-10-19-18(22)9-6-16-4-7-17(25-2)8-5-16;/h4-5,7-8H,3,6,9-15H2,1-2H3,(H,19,22);1H. The summed E-state index contributed by atoms with van der Waals surface area (Å²) in [6.45, 7) is 5.76. The van der Waals surface area contributed by atoms with Gasteiger partial charge in [0, 0.05) is 39.1 Å². The van der Waals surface area contributed by atoms with Crippen molar-refractivity contribution in [2.45, 2.75) is 19.8 Å². The first-order valence-electron chi connectivity index (χ1n) is 9.04. The highest BCUT2D eigenvalue weighted by Gasteiger charge is 2.25. The van der Waals surface area contributed by atoms with E-state index in [1.165, 1.54) is 4.31 Å². The quantitative estimate of drug-likeness (QED) is 0.649. The van der Waals surface area contributed by atoms with Gasteiger partial charge in [-0.15, -0.1) is 12.4 Å². The number of hydrogen-bond acceptors (Lipinski definition) is 5. The number of nitrogens with one attached hydrogen (secondary N) is 1. The highest BCUT2D eigenvalue weighted by Crippen LogP contribution is 2.12. The van der Waals surface area contributed by atoms with Crippen LogP contribution in [0.4, 0.5) is 0 Å². The van der Waals surface area contributed by atoms with Gasteiger partial charge in [0.25, 0.3) is 0 Å². The van der Waals surface area contributed by atoms with Crippen molar-refractivity contribution in [1.29, 1.82) is 0 Å². The summed E-state index contributed by atoms with van der Waals surface area (Å²) in [6.07, 6.45) is 0.948. The Hall–Kier alpha value is -1.35. The predicted octanol–water partition coefficient (Wildman–Crippen LogP) is 1.13.